The van der Waals surface area contributed by atoms with Crippen LogP contribution in [0, 0.1) is 11.3 Å². The highest BCUT2D eigenvalue weighted by Gasteiger charge is 2.24. The summed E-state index contributed by atoms with van der Waals surface area (Å²) >= 11 is 0. The lowest BCUT2D eigenvalue weighted by molar-refractivity contribution is -0.123. The highest BCUT2D eigenvalue weighted by Crippen LogP contribution is 2.25. The van der Waals surface area contributed by atoms with Crippen molar-refractivity contribution in [3.05, 3.63) is 0 Å². The third-order valence-corrected chi connectivity index (χ3v) is 2.75. The molecule has 2 heteroatoms. The number of carbonyl (C=O) groups excluding carboxylic acids is 1. The normalized spacial score (nSPS) is 27.7. The fourth-order valence-electron chi connectivity index (χ4n) is 2.10. The average Bonchev–Trinajstić information content (AvgIpc) is 2.30. The first-order valence-electron chi connectivity index (χ1n) is 5.66. The Labute approximate surface area is 87.5 Å². The van der Waals surface area contributed by atoms with Gasteiger partial charge in [-0.05, 0) is 30.6 Å². The molecule has 1 N–H and O–H groups in total. The van der Waals surface area contributed by atoms with Gasteiger partial charge in [0.05, 0.1) is 0 Å². The van der Waals surface area contributed by atoms with Crippen LogP contribution in [0.5, 0.6) is 0 Å². The van der Waals surface area contributed by atoms with Gasteiger partial charge in [-0.3, -0.25) is 4.79 Å². The van der Waals surface area contributed by atoms with E-state index in [4.69, 9.17) is 0 Å². The van der Waals surface area contributed by atoms with E-state index in [-0.39, 0.29) is 11.3 Å². The molecular formula is C12H23NO. The minimum absolute atomic E-state index is 0.105. The molecule has 0 aromatic rings. The molecule has 0 saturated heterocycles. The van der Waals surface area contributed by atoms with E-state index in [2.05, 4.69) is 33.0 Å². The molecule has 0 aromatic heterocycles. The van der Waals surface area contributed by atoms with Gasteiger partial charge in [0.1, 0.15) is 0 Å². The number of nitrogens with one attached hydrogen (secondary N) is 1. The number of amides is 1. The van der Waals surface area contributed by atoms with E-state index in [1.165, 1.54) is 6.42 Å². The number of carbonyl (C=O) groups is 1. The fourth-order valence-corrected chi connectivity index (χ4v) is 2.10. The molecule has 1 fully saturated rings. The number of hydrogen-bond donors (Lipinski definition) is 1. The highest BCUT2D eigenvalue weighted by molar-refractivity contribution is 5.76. The Balaban J connectivity index is 2.27. The van der Waals surface area contributed by atoms with E-state index < -0.39 is 0 Å². The quantitative estimate of drug-likeness (QED) is 0.724. The topological polar surface area (TPSA) is 29.1 Å². The molecule has 2 nitrogen and oxygen atoms in total. The third-order valence-electron chi connectivity index (χ3n) is 2.75. The molecule has 14 heavy (non-hydrogen) atoms. The summed E-state index contributed by atoms with van der Waals surface area (Å²) in [5.41, 5.74) is 0.105. The van der Waals surface area contributed by atoms with E-state index in [9.17, 15) is 4.79 Å². The van der Waals surface area contributed by atoms with Crippen molar-refractivity contribution >= 4 is 5.91 Å². The molecule has 0 radical (unpaired) electrons. The lowest BCUT2D eigenvalue weighted by Crippen LogP contribution is -2.35. The molecule has 82 valence electrons. The van der Waals surface area contributed by atoms with Crippen LogP contribution in [0.2, 0.25) is 0 Å². The summed E-state index contributed by atoms with van der Waals surface area (Å²) in [6, 6.07) is 0.444. The smallest absolute Gasteiger partial charge is 0.220 e. The summed E-state index contributed by atoms with van der Waals surface area (Å²) < 4.78 is 0. The first-order chi connectivity index (χ1) is 6.37. The summed E-state index contributed by atoms with van der Waals surface area (Å²) in [6.45, 7) is 8.56. The van der Waals surface area contributed by atoms with Crippen LogP contribution < -0.4 is 5.32 Å². The Morgan fingerprint density at radius 1 is 1.36 bits per heavy atom. The van der Waals surface area contributed by atoms with Crippen LogP contribution in [-0.2, 0) is 4.79 Å². The van der Waals surface area contributed by atoms with Crippen molar-refractivity contribution < 1.29 is 4.79 Å². The van der Waals surface area contributed by atoms with Gasteiger partial charge in [-0.25, -0.2) is 0 Å². The van der Waals surface area contributed by atoms with Gasteiger partial charge in [0.2, 0.25) is 5.91 Å². The van der Waals surface area contributed by atoms with Crippen LogP contribution in [0.15, 0.2) is 0 Å². The van der Waals surface area contributed by atoms with Crippen molar-refractivity contribution in [2.24, 2.45) is 11.3 Å². The summed E-state index contributed by atoms with van der Waals surface area (Å²) in [4.78, 5) is 11.6. The van der Waals surface area contributed by atoms with Gasteiger partial charge in [0.15, 0.2) is 0 Å². The van der Waals surface area contributed by atoms with Crippen molar-refractivity contribution in [2.75, 3.05) is 0 Å². The van der Waals surface area contributed by atoms with Crippen molar-refractivity contribution in [3.8, 4) is 0 Å². The van der Waals surface area contributed by atoms with E-state index in [0.29, 0.717) is 12.5 Å². The molecule has 1 rings (SSSR count). The van der Waals surface area contributed by atoms with E-state index in [0.717, 1.165) is 18.8 Å². The maximum atomic E-state index is 11.6. The van der Waals surface area contributed by atoms with Gasteiger partial charge in [0, 0.05) is 12.5 Å². The average molecular weight is 197 g/mol. The van der Waals surface area contributed by atoms with Crippen molar-refractivity contribution in [1.29, 1.82) is 0 Å². The second kappa shape index (κ2) is 4.33. The Morgan fingerprint density at radius 2 is 2.00 bits per heavy atom. The fraction of sp³-hybridized carbons (Fsp3) is 0.917. The van der Waals surface area contributed by atoms with Crippen LogP contribution in [0.3, 0.4) is 0 Å². The molecule has 1 saturated carbocycles. The predicted octanol–water partition coefficient (Wildman–Crippen LogP) is 2.73. The molecule has 1 aliphatic carbocycles. The summed E-state index contributed by atoms with van der Waals surface area (Å²) in [5, 5.41) is 3.13. The van der Waals surface area contributed by atoms with Crippen LogP contribution in [0.25, 0.3) is 0 Å². The van der Waals surface area contributed by atoms with Crippen LogP contribution in [0.1, 0.15) is 53.4 Å². The Morgan fingerprint density at radius 3 is 2.43 bits per heavy atom. The molecule has 0 heterocycles. The maximum Gasteiger partial charge on any atom is 0.220 e. The molecule has 2 unspecified atom stereocenters. The van der Waals surface area contributed by atoms with Crippen LogP contribution in [-0.4, -0.2) is 11.9 Å². The summed E-state index contributed by atoms with van der Waals surface area (Å²) in [7, 11) is 0. The minimum atomic E-state index is 0.105. The zero-order valence-electron chi connectivity index (χ0n) is 9.89. The number of rotatable bonds is 2. The van der Waals surface area contributed by atoms with Crippen molar-refractivity contribution in [1.82, 2.24) is 5.32 Å². The molecule has 2 atom stereocenters. The molecule has 0 aromatic carbocycles. The van der Waals surface area contributed by atoms with Crippen LogP contribution in [0.4, 0.5) is 0 Å². The molecule has 0 aliphatic heterocycles. The Hall–Kier alpha value is -0.530. The minimum Gasteiger partial charge on any atom is -0.353 e. The molecule has 0 spiro atoms. The lowest BCUT2D eigenvalue weighted by atomic mass is 9.92. The first-order valence-corrected chi connectivity index (χ1v) is 5.66. The lowest BCUT2D eigenvalue weighted by Gasteiger charge is -2.19. The van der Waals surface area contributed by atoms with Gasteiger partial charge in [-0.2, -0.15) is 0 Å². The van der Waals surface area contributed by atoms with E-state index in [1.54, 1.807) is 0 Å². The second-order valence-corrected chi connectivity index (χ2v) is 5.92. The van der Waals surface area contributed by atoms with Gasteiger partial charge >= 0.3 is 0 Å². The summed E-state index contributed by atoms with van der Waals surface area (Å²) in [6.07, 6.45) is 4.23. The number of hydrogen-bond acceptors (Lipinski definition) is 1. The Kier molecular flexibility index (Phi) is 3.57. The first kappa shape index (κ1) is 11.5. The van der Waals surface area contributed by atoms with Gasteiger partial charge in [0.25, 0.3) is 0 Å². The highest BCUT2D eigenvalue weighted by atomic mass is 16.1. The van der Waals surface area contributed by atoms with Crippen LogP contribution >= 0.6 is 0 Å². The second-order valence-electron chi connectivity index (χ2n) is 5.92. The zero-order valence-corrected chi connectivity index (χ0v) is 9.89. The standard InChI is InChI=1S/C12H23NO/c1-9-5-6-10(7-9)13-11(14)8-12(2,3)4/h9-10H,5-8H2,1-4H3,(H,13,14). The molecule has 0 bridgehead atoms. The van der Waals surface area contributed by atoms with Gasteiger partial charge in [-0.15, -0.1) is 0 Å². The third kappa shape index (κ3) is 4.12. The summed E-state index contributed by atoms with van der Waals surface area (Å²) in [5.74, 6) is 1.01. The maximum absolute atomic E-state index is 11.6. The molecule has 1 amide bonds. The van der Waals surface area contributed by atoms with Crippen molar-refractivity contribution in [3.63, 3.8) is 0 Å². The van der Waals surface area contributed by atoms with Crippen molar-refractivity contribution in [2.45, 2.75) is 59.4 Å². The zero-order chi connectivity index (χ0) is 10.8. The monoisotopic (exact) mass is 197 g/mol. The molecular weight excluding hydrogens is 174 g/mol. The SMILES string of the molecule is CC1CCC(NC(=O)CC(C)(C)C)C1. The largest absolute Gasteiger partial charge is 0.353 e. The van der Waals surface area contributed by atoms with Gasteiger partial charge in [-0.1, -0.05) is 27.7 Å². The predicted molar refractivity (Wildman–Crippen MR) is 59.0 cm³/mol. The molecule has 1 aliphatic rings. The van der Waals surface area contributed by atoms with E-state index >= 15 is 0 Å². The van der Waals surface area contributed by atoms with E-state index in [1.807, 2.05) is 0 Å². The Bertz CT molecular complexity index is 205. The van der Waals surface area contributed by atoms with Gasteiger partial charge < -0.3 is 5.32 Å².